The first-order valence-corrected chi connectivity index (χ1v) is 6.56. The number of hydrogen-bond donors (Lipinski definition) is 1. The van der Waals surface area contributed by atoms with Crippen molar-refractivity contribution in [3.8, 4) is 0 Å². The maximum Gasteiger partial charge on any atom is 0.103 e. The first kappa shape index (κ1) is 12.1. The van der Waals surface area contributed by atoms with Gasteiger partial charge in [0.15, 0.2) is 0 Å². The van der Waals surface area contributed by atoms with Crippen LogP contribution in [0.2, 0.25) is 0 Å². The van der Waals surface area contributed by atoms with E-state index < -0.39 is 0 Å². The van der Waals surface area contributed by atoms with Gasteiger partial charge in [-0.3, -0.25) is 0 Å². The molecular weight excluding hydrogens is 206 g/mol. The summed E-state index contributed by atoms with van der Waals surface area (Å²) in [6.07, 6.45) is 0. The Bertz CT molecular complexity index is 498. The third kappa shape index (κ3) is 2.67. The monoisotopic (exact) mass is 228 g/mol. The fourth-order valence-corrected chi connectivity index (χ4v) is 2.36. The highest BCUT2D eigenvalue weighted by Crippen LogP contribution is 2.18. The minimum Gasteiger partial charge on any atom is -0.332 e. The van der Waals surface area contributed by atoms with Gasteiger partial charge < -0.3 is 4.90 Å². The largest absolute Gasteiger partial charge is 0.332 e. The summed E-state index contributed by atoms with van der Waals surface area (Å²) >= 11 is 0. The van der Waals surface area contributed by atoms with Gasteiger partial charge in [-0.1, -0.05) is 30.3 Å². The second-order valence-corrected chi connectivity index (χ2v) is 4.76. The SMILES string of the molecule is CC[NH+](CC)Cc1cc2ccccc2cc1C. The molecule has 0 atom stereocenters. The zero-order valence-corrected chi connectivity index (χ0v) is 11.1. The summed E-state index contributed by atoms with van der Waals surface area (Å²) in [4.78, 5) is 1.64. The molecule has 0 radical (unpaired) electrons. The van der Waals surface area contributed by atoms with Crippen molar-refractivity contribution >= 4 is 10.8 Å². The summed E-state index contributed by atoms with van der Waals surface area (Å²) < 4.78 is 0. The van der Waals surface area contributed by atoms with Crippen molar-refractivity contribution in [3.63, 3.8) is 0 Å². The number of aryl methyl sites for hydroxylation is 1. The summed E-state index contributed by atoms with van der Waals surface area (Å²) in [6.45, 7) is 10.3. The maximum atomic E-state index is 2.36. The smallest absolute Gasteiger partial charge is 0.103 e. The Morgan fingerprint density at radius 1 is 0.941 bits per heavy atom. The summed E-state index contributed by atoms with van der Waals surface area (Å²) in [5.74, 6) is 0. The van der Waals surface area contributed by atoms with Crippen molar-refractivity contribution in [2.45, 2.75) is 27.3 Å². The zero-order chi connectivity index (χ0) is 12.3. The van der Waals surface area contributed by atoms with Crippen LogP contribution in [0.15, 0.2) is 36.4 Å². The molecule has 2 aromatic rings. The molecule has 0 saturated carbocycles. The van der Waals surface area contributed by atoms with E-state index in [1.165, 1.54) is 35.0 Å². The number of nitrogens with one attached hydrogen (secondary N) is 1. The summed E-state index contributed by atoms with van der Waals surface area (Å²) in [5.41, 5.74) is 2.91. The van der Waals surface area contributed by atoms with Crippen molar-refractivity contribution in [2.24, 2.45) is 0 Å². The molecule has 2 rings (SSSR count). The van der Waals surface area contributed by atoms with E-state index in [2.05, 4.69) is 57.2 Å². The molecule has 0 aliphatic carbocycles. The molecule has 2 aromatic carbocycles. The standard InChI is InChI=1S/C16H21N/c1-4-17(5-2)12-16-11-15-9-7-6-8-14(15)10-13(16)3/h6-11H,4-5,12H2,1-3H3/p+1. The molecule has 0 aromatic heterocycles. The Labute approximate surface area is 104 Å². The Hall–Kier alpha value is -1.34. The van der Waals surface area contributed by atoms with Crippen molar-refractivity contribution in [3.05, 3.63) is 47.5 Å². The Morgan fingerprint density at radius 3 is 2.12 bits per heavy atom. The number of fused-ring (bicyclic) bond motifs is 1. The van der Waals surface area contributed by atoms with Gasteiger partial charge in [-0.05, 0) is 43.2 Å². The lowest BCUT2D eigenvalue weighted by Gasteiger charge is -2.17. The molecule has 0 spiro atoms. The first-order valence-electron chi connectivity index (χ1n) is 6.56. The Morgan fingerprint density at radius 2 is 1.53 bits per heavy atom. The molecule has 0 saturated heterocycles. The van der Waals surface area contributed by atoms with E-state index in [9.17, 15) is 0 Å². The van der Waals surface area contributed by atoms with E-state index >= 15 is 0 Å². The van der Waals surface area contributed by atoms with Crippen molar-refractivity contribution in [2.75, 3.05) is 13.1 Å². The molecular formula is C16H22N+. The van der Waals surface area contributed by atoms with Gasteiger partial charge in [-0.2, -0.15) is 0 Å². The fraction of sp³-hybridized carbons (Fsp3) is 0.375. The topological polar surface area (TPSA) is 4.44 Å². The van der Waals surface area contributed by atoms with Crippen LogP contribution in [-0.2, 0) is 6.54 Å². The second-order valence-electron chi connectivity index (χ2n) is 4.76. The molecule has 0 fully saturated rings. The van der Waals surface area contributed by atoms with Crippen LogP contribution in [0.25, 0.3) is 10.8 Å². The molecule has 90 valence electrons. The first-order chi connectivity index (χ1) is 8.24. The lowest BCUT2D eigenvalue weighted by atomic mass is 10.0. The van der Waals surface area contributed by atoms with Crippen LogP contribution in [0.5, 0.6) is 0 Å². The summed E-state index contributed by atoms with van der Waals surface area (Å²) in [5, 5.41) is 2.71. The van der Waals surface area contributed by atoms with E-state index in [1.54, 1.807) is 4.90 Å². The minimum atomic E-state index is 1.14. The van der Waals surface area contributed by atoms with Gasteiger partial charge in [0, 0.05) is 5.56 Å². The molecule has 0 unspecified atom stereocenters. The fourth-order valence-electron chi connectivity index (χ4n) is 2.36. The van der Waals surface area contributed by atoms with Gasteiger partial charge in [0.2, 0.25) is 0 Å². The molecule has 1 nitrogen and oxygen atoms in total. The minimum absolute atomic E-state index is 1.14. The third-order valence-corrected chi connectivity index (χ3v) is 3.64. The molecule has 0 aliphatic heterocycles. The predicted molar refractivity (Wildman–Crippen MR) is 74.4 cm³/mol. The van der Waals surface area contributed by atoms with Crippen LogP contribution < -0.4 is 4.90 Å². The quantitative estimate of drug-likeness (QED) is 0.820. The van der Waals surface area contributed by atoms with Crippen LogP contribution in [0.1, 0.15) is 25.0 Å². The average molecular weight is 228 g/mol. The van der Waals surface area contributed by atoms with E-state index in [0.29, 0.717) is 0 Å². The molecule has 1 heteroatoms. The lowest BCUT2D eigenvalue weighted by molar-refractivity contribution is -0.910. The van der Waals surface area contributed by atoms with Crippen LogP contribution in [0.4, 0.5) is 0 Å². The van der Waals surface area contributed by atoms with Crippen LogP contribution in [0.3, 0.4) is 0 Å². The molecule has 0 aliphatic rings. The van der Waals surface area contributed by atoms with Crippen LogP contribution in [0, 0.1) is 6.92 Å². The third-order valence-electron chi connectivity index (χ3n) is 3.64. The summed E-state index contributed by atoms with van der Waals surface area (Å²) in [7, 11) is 0. The molecule has 17 heavy (non-hydrogen) atoms. The predicted octanol–water partition coefficient (Wildman–Crippen LogP) is 2.57. The van der Waals surface area contributed by atoms with Crippen LogP contribution >= 0.6 is 0 Å². The highest BCUT2D eigenvalue weighted by Gasteiger charge is 2.08. The van der Waals surface area contributed by atoms with Gasteiger partial charge in [0.25, 0.3) is 0 Å². The van der Waals surface area contributed by atoms with Crippen molar-refractivity contribution in [1.29, 1.82) is 0 Å². The van der Waals surface area contributed by atoms with Gasteiger partial charge in [-0.15, -0.1) is 0 Å². The van der Waals surface area contributed by atoms with Gasteiger partial charge in [0.05, 0.1) is 13.1 Å². The van der Waals surface area contributed by atoms with E-state index in [0.717, 1.165) is 6.54 Å². The van der Waals surface area contributed by atoms with Crippen molar-refractivity contribution < 1.29 is 4.90 Å². The zero-order valence-electron chi connectivity index (χ0n) is 11.1. The average Bonchev–Trinajstić information content (AvgIpc) is 2.36. The van der Waals surface area contributed by atoms with Gasteiger partial charge in [-0.25, -0.2) is 0 Å². The molecule has 1 N–H and O–H groups in total. The van der Waals surface area contributed by atoms with Gasteiger partial charge in [0.1, 0.15) is 6.54 Å². The highest BCUT2D eigenvalue weighted by molar-refractivity contribution is 5.83. The van der Waals surface area contributed by atoms with Crippen LogP contribution in [-0.4, -0.2) is 13.1 Å². The van der Waals surface area contributed by atoms with Crippen molar-refractivity contribution in [1.82, 2.24) is 0 Å². The number of hydrogen-bond acceptors (Lipinski definition) is 0. The van der Waals surface area contributed by atoms with E-state index in [4.69, 9.17) is 0 Å². The maximum absolute atomic E-state index is 2.36. The second kappa shape index (κ2) is 5.33. The Kier molecular flexibility index (Phi) is 3.80. The number of benzene rings is 2. The molecule has 0 bridgehead atoms. The molecule has 0 amide bonds. The number of quaternary nitrogens is 1. The van der Waals surface area contributed by atoms with E-state index in [1.807, 2.05) is 0 Å². The lowest BCUT2D eigenvalue weighted by Crippen LogP contribution is -3.10. The molecule has 0 heterocycles. The normalized spacial score (nSPS) is 11.3. The summed E-state index contributed by atoms with van der Waals surface area (Å²) in [6, 6.07) is 13.3. The van der Waals surface area contributed by atoms with Gasteiger partial charge >= 0.3 is 0 Å². The van der Waals surface area contributed by atoms with E-state index in [-0.39, 0.29) is 0 Å². The number of rotatable bonds is 4. The Balaban J connectivity index is 2.37. The highest BCUT2D eigenvalue weighted by atomic mass is 15.1.